The highest BCUT2D eigenvalue weighted by Crippen LogP contribution is 2.17. The van der Waals surface area contributed by atoms with Gasteiger partial charge in [0.2, 0.25) is 0 Å². The fourth-order valence-corrected chi connectivity index (χ4v) is 3.55. The summed E-state index contributed by atoms with van der Waals surface area (Å²) in [6, 6.07) is 12.8. The van der Waals surface area contributed by atoms with Crippen LogP contribution in [0.25, 0.3) is 0 Å². The van der Waals surface area contributed by atoms with Gasteiger partial charge in [-0.05, 0) is 43.2 Å². The van der Waals surface area contributed by atoms with Crippen molar-refractivity contribution in [2.75, 3.05) is 38.0 Å². The van der Waals surface area contributed by atoms with Gasteiger partial charge in [-0.3, -0.25) is 4.79 Å². The largest absolute Gasteiger partial charge is 0.322 e. The van der Waals surface area contributed by atoms with E-state index in [1.54, 1.807) is 12.1 Å². The Morgan fingerprint density at radius 1 is 1.04 bits per heavy atom. The lowest BCUT2D eigenvalue weighted by Gasteiger charge is -2.29. The van der Waals surface area contributed by atoms with Crippen molar-refractivity contribution in [3.05, 3.63) is 65.0 Å². The summed E-state index contributed by atoms with van der Waals surface area (Å²) < 4.78 is 13.3. The van der Waals surface area contributed by atoms with Crippen LogP contribution < -0.4 is 15.1 Å². The summed E-state index contributed by atoms with van der Waals surface area (Å²) in [5.74, 6) is -0.100. The minimum Gasteiger partial charge on any atom is -0.322 e. The summed E-state index contributed by atoms with van der Waals surface area (Å²) in [5.41, 5.74) is 4.26. The molecule has 1 aliphatic rings. The number of carbonyl (C=O) groups is 1. The highest BCUT2D eigenvalue weighted by molar-refractivity contribution is 5.92. The van der Waals surface area contributed by atoms with Crippen LogP contribution in [0.1, 0.15) is 16.7 Å². The molecule has 0 unspecified atom stereocenters. The van der Waals surface area contributed by atoms with Crippen LogP contribution >= 0.6 is 0 Å². The summed E-state index contributed by atoms with van der Waals surface area (Å²) in [4.78, 5) is 15.1. The van der Waals surface area contributed by atoms with Gasteiger partial charge in [-0.1, -0.05) is 24.3 Å². The van der Waals surface area contributed by atoms with Crippen molar-refractivity contribution in [1.29, 1.82) is 0 Å². The van der Waals surface area contributed by atoms with E-state index < -0.39 is 0 Å². The number of rotatable bonds is 5. The minimum atomic E-state index is -0.172. The molecule has 0 bridgehead atoms. The van der Waals surface area contributed by atoms with Crippen molar-refractivity contribution in [3.63, 3.8) is 0 Å². The molecule has 1 aliphatic heterocycles. The van der Waals surface area contributed by atoms with Gasteiger partial charge in [0.05, 0.1) is 0 Å². The zero-order valence-corrected chi connectivity index (χ0v) is 15.6. The van der Waals surface area contributed by atoms with Gasteiger partial charge >= 0.3 is 0 Å². The maximum Gasteiger partial charge on any atom is 0.279 e. The second-order valence-electron chi connectivity index (χ2n) is 7.28. The highest BCUT2D eigenvalue weighted by atomic mass is 19.1. The van der Waals surface area contributed by atoms with Gasteiger partial charge in [-0.2, -0.15) is 0 Å². The molecule has 0 aliphatic carbocycles. The molecule has 26 heavy (non-hydrogen) atoms. The second kappa shape index (κ2) is 8.43. The molecule has 5 heteroatoms. The van der Waals surface area contributed by atoms with Gasteiger partial charge in [0, 0.05) is 11.3 Å². The van der Waals surface area contributed by atoms with Gasteiger partial charge in [0.25, 0.3) is 5.91 Å². The number of nitrogens with one attached hydrogen (secondary N) is 3. The molecule has 1 saturated heterocycles. The third kappa shape index (κ3) is 4.90. The van der Waals surface area contributed by atoms with Crippen LogP contribution in [0.4, 0.5) is 10.1 Å². The molecule has 2 aromatic carbocycles. The molecular formula is C21H28FN3O+2. The van der Waals surface area contributed by atoms with Crippen molar-refractivity contribution < 1.29 is 19.0 Å². The van der Waals surface area contributed by atoms with E-state index in [-0.39, 0.29) is 11.7 Å². The molecule has 138 valence electrons. The predicted molar refractivity (Wildman–Crippen MR) is 101 cm³/mol. The van der Waals surface area contributed by atoms with E-state index in [0.717, 1.165) is 49.5 Å². The van der Waals surface area contributed by atoms with Gasteiger partial charge in [0.15, 0.2) is 6.54 Å². The average molecular weight is 357 g/mol. The molecule has 1 fully saturated rings. The van der Waals surface area contributed by atoms with E-state index in [1.165, 1.54) is 21.4 Å². The Kier molecular flexibility index (Phi) is 6.01. The fraction of sp³-hybridized carbons (Fsp3) is 0.381. The number of aryl methyl sites for hydroxylation is 1. The lowest BCUT2D eigenvalue weighted by Crippen LogP contribution is -3.28. The van der Waals surface area contributed by atoms with Crippen molar-refractivity contribution in [3.8, 4) is 0 Å². The van der Waals surface area contributed by atoms with Gasteiger partial charge in [-0.25, -0.2) is 4.39 Å². The number of quaternary nitrogens is 2. The van der Waals surface area contributed by atoms with Crippen molar-refractivity contribution in [1.82, 2.24) is 0 Å². The number of hydrogen-bond acceptors (Lipinski definition) is 1. The zero-order valence-electron chi connectivity index (χ0n) is 15.6. The zero-order chi connectivity index (χ0) is 18.5. The minimum absolute atomic E-state index is 0.0716. The number of amides is 1. The number of anilines is 1. The van der Waals surface area contributed by atoms with Crippen molar-refractivity contribution in [2.45, 2.75) is 20.4 Å². The van der Waals surface area contributed by atoms with Crippen LogP contribution in [0.2, 0.25) is 0 Å². The first-order chi connectivity index (χ1) is 12.5. The number of hydrogen-bond donors (Lipinski definition) is 3. The summed E-state index contributed by atoms with van der Waals surface area (Å²) >= 11 is 0. The summed E-state index contributed by atoms with van der Waals surface area (Å²) in [5, 5.41) is 3.05. The van der Waals surface area contributed by atoms with E-state index in [4.69, 9.17) is 0 Å². The van der Waals surface area contributed by atoms with E-state index in [9.17, 15) is 9.18 Å². The predicted octanol–water partition coefficient (Wildman–Crippen LogP) is 0.365. The number of halogens is 1. The van der Waals surface area contributed by atoms with Crippen LogP contribution in [0.15, 0.2) is 42.5 Å². The van der Waals surface area contributed by atoms with Gasteiger partial charge in [-0.15, -0.1) is 0 Å². The lowest BCUT2D eigenvalue weighted by molar-refractivity contribution is -1.02. The first-order valence-electron chi connectivity index (χ1n) is 9.29. The van der Waals surface area contributed by atoms with Crippen molar-refractivity contribution in [2.24, 2.45) is 0 Å². The van der Waals surface area contributed by atoms with Gasteiger partial charge < -0.3 is 15.1 Å². The van der Waals surface area contributed by atoms with Crippen LogP contribution in [-0.2, 0) is 11.3 Å². The Morgan fingerprint density at radius 2 is 1.73 bits per heavy atom. The standard InChI is InChI=1S/C21H26FN3O/c1-16-5-3-8-20(17(16)2)23-21(26)15-25-11-9-24(10-12-25)14-18-6-4-7-19(22)13-18/h3-8,13H,9-12,14-15H2,1-2H3,(H,23,26)/p+2. The maximum absolute atomic E-state index is 13.3. The highest BCUT2D eigenvalue weighted by Gasteiger charge is 2.25. The molecule has 0 radical (unpaired) electrons. The van der Waals surface area contributed by atoms with E-state index in [1.807, 2.05) is 25.1 Å². The van der Waals surface area contributed by atoms with Crippen LogP contribution in [0, 0.1) is 19.7 Å². The molecule has 2 aromatic rings. The Labute approximate surface area is 154 Å². The molecule has 0 atom stereocenters. The topological polar surface area (TPSA) is 38.0 Å². The Morgan fingerprint density at radius 3 is 2.46 bits per heavy atom. The van der Waals surface area contributed by atoms with Crippen LogP contribution in [-0.4, -0.2) is 38.6 Å². The smallest absolute Gasteiger partial charge is 0.279 e. The monoisotopic (exact) mass is 357 g/mol. The summed E-state index contributed by atoms with van der Waals surface area (Å²) in [6.45, 7) is 9.37. The van der Waals surface area contributed by atoms with Crippen molar-refractivity contribution >= 4 is 11.6 Å². The Balaban J connectivity index is 1.46. The third-order valence-corrected chi connectivity index (χ3v) is 5.30. The average Bonchev–Trinajstić information content (AvgIpc) is 2.61. The molecule has 0 aromatic heterocycles. The number of piperazine rings is 1. The fourth-order valence-electron chi connectivity index (χ4n) is 3.55. The lowest BCUT2D eigenvalue weighted by atomic mass is 10.1. The molecule has 0 saturated carbocycles. The third-order valence-electron chi connectivity index (χ3n) is 5.30. The molecule has 3 N–H and O–H groups in total. The Hall–Kier alpha value is -2.24. The maximum atomic E-state index is 13.3. The van der Waals surface area contributed by atoms with E-state index in [0.29, 0.717) is 6.54 Å². The molecule has 4 nitrogen and oxygen atoms in total. The van der Waals surface area contributed by atoms with Crippen LogP contribution in [0.5, 0.6) is 0 Å². The van der Waals surface area contributed by atoms with Gasteiger partial charge in [0.1, 0.15) is 38.5 Å². The summed E-state index contributed by atoms with van der Waals surface area (Å²) in [7, 11) is 0. The SMILES string of the molecule is Cc1cccc(NC(=O)C[NH+]2CC[NH+](Cc3cccc(F)c3)CC2)c1C. The second-order valence-corrected chi connectivity index (χ2v) is 7.28. The molecule has 1 heterocycles. The number of carbonyl (C=O) groups excluding carboxylic acids is 1. The number of benzene rings is 2. The summed E-state index contributed by atoms with van der Waals surface area (Å²) in [6.07, 6.45) is 0. The van der Waals surface area contributed by atoms with E-state index >= 15 is 0 Å². The molecule has 0 spiro atoms. The molecule has 1 amide bonds. The first kappa shape index (κ1) is 18.5. The normalized spacial score (nSPS) is 20.0. The molecular weight excluding hydrogens is 329 g/mol. The quantitative estimate of drug-likeness (QED) is 0.711. The first-order valence-corrected chi connectivity index (χ1v) is 9.29. The van der Waals surface area contributed by atoms with Crippen LogP contribution in [0.3, 0.4) is 0 Å². The molecule has 3 rings (SSSR count). The Bertz CT molecular complexity index is 770. The van der Waals surface area contributed by atoms with E-state index in [2.05, 4.69) is 18.3 Å².